The maximum atomic E-state index is 12.6. The lowest BCUT2D eigenvalue weighted by molar-refractivity contribution is -0.137. The summed E-state index contributed by atoms with van der Waals surface area (Å²) in [5.74, 6) is 0.847. The lowest BCUT2D eigenvalue weighted by Crippen LogP contribution is -2.35. The monoisotopic (exact) mass is 478 g/mol. The molecule has 9 heteroatoms. The van der Waals surface area contributed by atoms with E-state index in [1.807, 2.05) is 19.1 Å². The van der Waals surface area contributed by atoms with Crippen molar-refractivity contribution in [3.8, 4) is 5.75 Å². The Morgan fingerprint density at radius 2 is 1.76 bits per heavy atom. The van der Waals surface area contributed by atoms with Gasteiger partial charge in [-0.2, -0.15) is 13.2 Å². The molecule has 0 aliphatic carbocycles. The van der Waals surface area contributed by atoms with Crippen LogP contribution in [0.3, 0.4) is 0 Å². The zero-order valence-electron chi connectivity index (χ0n) is 19.1. The fraction of sp³-hybridized carbons (Fsp3) is 0.440. The van der Waals surface area contributed by atoms with Crippen LogP contribution in [0.1, 0.15) is 42.9 Å². The van der Waals surface area contributed by atoms with Crippen molar-refractivity contribution in [3.05, 3.63) is 65.2 Å². The van der Waals surface area contributed by atoms with Gasteiger partial charge in [0, 0.05) is 19.8 Å². The Morgan fingerprint density at radius 1 is 1.09 bits per heavy atom. The summed E-state index contributed by atoms with van der Waals surface area (Å²) in [4.78, 5) is 17.4. The van der Waals surface area contributed by atoms with Gasteiger partial charge in [0.25, 0.3) is 5.91 Å². The van der Waals surface area contributed by atoms with Gasteiger partial charge in [-0.15, -0.1) is 0 Å². The molecule has 1 N–H and O–H groups in total. The standard InChI is InChI=1S/C25H29F3N2O4/c1-2-23(30-34-16-19-3-7-21(8-4-19)25(26,27)28)20-5-9-22(10-6-20)33-17-24(31)29-15-18-11-13-32-14-12-18/h3-10,18H,2,11-17H2,1H3,(H,29,31)/b30-23+. The van der Waals surface area contributed by atoms with E-state index in [-0.39, 0.29) is 19.1 Å². The summed E-state index contributed by atoms with van der Waals surface area (Å²) >= 11 is 0. The number of hydrogen-bond acceptors (Lipinski definition) is 5. The number of hydrogen-bond donors (Lipinski definition) is 1. The summed E-state index contributed by atoms with van der Waals surface area (Å²) < 4.78 is 48.8. The first-order valence-corrected chi connectivity index (χ1v) is 11.3. The number of oxime groups is 1. The van der Waals surface area contributed by atoms with Crippen molar-refractivity contribution >= 4 is 11.6 Å². The highest BCUT2D eigenvalue weighted by Crippen LogP contribution is 2.29. The van der Waals surface area contributed by atoms with Crippen molar-refractivity contribution in [2.24, 2.45) is 11.1 Å². The van der Waals surface area contributed by atoms with Gasteiger partial charge in [0.1, 0.15) is 12.4 Å². The smallest absolute Gasteiger partial charge is 0.416 e. The van der Waals surface area contributed by atoms with Crippen LogP contribution < -0.4 is 10.1 Å². The molecule has 0 spiro atoms. The largest absolute Gasteiger partial charge is 0.484 e. The molecule has 0 aromatic heterocycles. The molecular weight excluding hydrogens is 449 g/mol. The molecule has 0 saturated carbocycles. The van der Waals surface area contributed by atoms with E-state index in [2.05, 4.69) is 10.5 Å². The molecule has 1 saturated heterocycles. The van der Waals surface area contributed by atoms with Crippen molar-refractivity contribution in [3.63, 3.8) is 0 Å². The highest BCUT2D eigenvalue weighted by atomic mass is 19.4. The second-order valence-electron chi connectivity index (χ2n) is 8.03. The van der Waals surface area contributed by atoms with Crippen molar-refractivity contribution in [2.75, 3.05) is 26.4 Å². The van der Waals surface area contributed by atoms with Crippen molar-refractivity contribution in [1.29, 1.82) is 0 Å². The number of benzene rings is 2. The molecule has 34 heavy (non-hydrogen) atoms. The average Bonchev–Trinajstić information content (AvgIpc) is 2.85. The fourth-order valence-electron chi connectivity index (χ4n) is 3.45. The molecule has 1 aliphatic rings. The first kappa shape index (κ1) is 25.6. The Balaban J connectivity index is 1.45. The summed E-state index contributed by atoms with van der Waals surface area (Å²) in [6, 6.07) is 11.9. The van der Waals surface area contributed by atoms with Crippen LogP contribution in [0.15, 0.2) is 53.7 Å². The summed E-state index contributed by atoms with van der Waals surface area (Å²) in [5, 5.41) is 7.03. The number of rotatable bonds is 10. The average molecular weight is 479 g/mol. The molecule has 2 aromatic rings. The quantitative estimate of drug-likeness (QED) is 0.387. The molecule has 0 atom stereocenters. The third-order valence-corrected chi connectivity index (χ3v) is 5.51. The van der Waals surface area contributed by atoms with Crippen LogP contribution in [0.4, 0.5) is 13.2 Å². The highest BCUT2D eigenvalue weighted by molar-refractivity contribution is 6.00. The van der Waals surface area contributed by atoms with E-state index in [0.717, 1.165) is 43.8 Å². The first-order chi connectivity index (χ1) is 16.3. The molecule has 0 unspecified atom stereocenters. The Morgan fingerprint density at radius 3 is 2.38 bits per heavy atom. The van der Waals surface area contributed by atoms with Crippen LogP contribution in [-0.2, 0) is 27.2 Å². The van der Waals surface area contributed by atoms with Gasteiger partial charge < -0.3 is 19.6 Å². The minimum Gasteiger partial charge on any atom is -0.484 e. The van der Waals surface area contributed by atoms with Gasteiger partial charge in [-0.3, -0.25) is 4.79 Å². The van der Waals surface area contributed by atoms with E-state index in [4.69, 9.17) is 14.3 Å². The second kappa shape index (κ2) is 12.4. The fourth-order valence-corrected chi connectivity index (χ4v) is 3.45. The summed E-state index contributed by atoms with van der Waals surface area (Å²) in [5.41, 5.74) is 1.40. The Kier molecular flexibility index (Phi) is 9.33. The van der Waals surface area contributed by atoms with Crippen LogP contribution in [0.5, 0.6) is 5.75 Å². The van der Waals surface area contributed by atoms with E-state index in [1.54, 1.807) is 12.1 Å². The van der Waals surface area contributed by atoms with Crippen LogP contribution >= 0.6 is 0 Å². The number of nitrogens with zero attached hydrogens (tertiary/aromatic N) is 1. The van der Waals surface area contributed by atoms with Gasteiger partial charge in [0.15, 0.2) is 6.61 Å². The maximum Gasteiger partial charge on any atom is 0.416 e. The Hall–Kier alpha value is -3.07. The molecule has 184 valence electrons. The number of carbonyl (C=O) groups excluding carboxylic acids is 1. The van der Waals surface area contributed by atoms with Crippen molar-refractivity contribution in [2.45, 2.75) is 39.0 Å². The third kappa shape index (κ3) is 8.06. The van der Waals surface area contributed by atoms with E-state index in [9.17, 15) is 18.0 Å². The molecule has 6 nitrogen and oxygen atoms in total. The SMILES string of the molecule is CC/C(=N\OCc1ccc(C(F)(F)F)cc1)c1ccc(OCC(=O)NCC2CCOCC2)cc1. The molecule has 0 radical (unpaired) electrons. The normalized spacial score (nSPS) is 15.1. The maximum absolute atomic E-state index is 12.6. The number of halogens is 3. The number of ether oxygens (including phenoxy) is 2. The topological polar surface area (TPSA) is 69.2 Å². The van der Waals surface area contributed by atoms with Gasteiger partial charge in [-0.25, -0.2) is 0 Å². The van der Waals surface area contributed by atoms with E-state index in [1.165, 1.54) is 12.1 Å². The number of amides is 1. The van der Waals surface area contributed by atoms with Gasteiger partial charge >= 0.3 is 6.18 Å². The molecule has 2 aromatic carbocycles. The minimum absolute atomic E-state index is 0.0613. The summed E-state index contributed by atoms with van der Waals surface area (Å²) in [6.45, 7) is 4.04. The zero-order chi connectivity index (χ0) is 24.4. The molecule has 3 rings (SSSR count). The predicted molar refractivity (Wildman–Crippen MR) is 122 cm³/mol. The van der Waals surface area contributed by atoms with E-state index >= 15 is 0 Å². The number of carbonyl (C=O) groups is 1. The van der Waals surface area contributed by atoms with E-state index in [0.29, 0.717) is 35.9 Å². The summed E-state index contributed by atoms with van der Waals surface area (Å²) in [6.07, 6.45) is -1.85. The van der Waals surface area contributed by atoms with Crippen molar-refractivity contribution in [1.82, 2.24) is 5.32 Å². The van der Waals surface area contributed by atoms with Crippen molar-refractivity contribution < 1.29 is 32.3 Å². The van der Waals surface area contributed by atoms with Gasteiger partial charge in [0.05, 0.1) is 11.3 Å². The molecule has 0 bridgehead atoms. The lowest BCUT2D eigenvalue weighted by Gasteiger charge is -2.22. The third-order valence-electron chi connectivity index (χ3n) is 5.51. The summed E-state index contributed by atoms with van der Waals surface area (Å²) in [7, 11) is 0. The van der Waals surface area contributed by atoms with Crippen LogP contribution in [0, 0.1) is 5.92 Å². The number of nitrogens with one attached hydrogen (secondary N) is 1. The minimum atomic E-state index is -4.36. The highest BCUT2D eigenvalue weighted by Gasteiger charge is 2.29. The van der Waals surface area contributed by atoms with E-state index < -0.39 is 11.7 Å². The molecule has 1 amide bonds. The van der Waals surface area contributed by atoms with Gasteiger partial charge in [-0.1, -0.05) is 24.2 Å². The first-order valence-electron chi connectivity index (χ1n) is 11.3. The molecule has 1 aliphatic heterocycles. The molecular formula is C25H29F3N2O4. The zero-order valence-corrected chi connectivity index (χ0v) is 19.1. The molecule has 1 heterocycles. The number of alkyl halides is 3. The van der Waals surface area contributed by atoms with Crippen LogP contribution in [0.2, 0.25) is 0 Å². The molecule has 1 fully saturated rings. The second-order valence-corrected chi connectivity index (χ2v) is 8.03. The Bertz CT molecular complexity index is 938. The lowest BCUT2D eigenvalue weighted by atomic mass is 10.0. The van der Waals surface area contributed by atoms with Crippen LogP contribution in [-0.4, -0.2) is 38.0 Å². The predicted octanol–water partition coefficient (Wildman–Crippen LogP) is 4.96. The van der Waals surface area contributed by atoms with Crippen LogP contribution in [0.25, 0.3) is 0 Å². The van der Waals surface area contributed by atoms with Gasteiger partial charge in [0.2, 0.25) is 0 Å². The Labute approximate surface area is 197 Å². The van der Waals surface area contributed by atoms with Gasteiger partial charge in [-0.05, 0) is 72.7 Å².